The van der Waals surface area contributed by atoms with Gasteiger partial charge >= 0.3 is 0 Å². The lowest BCUT2D eigenvalue weighted by Gasteiger charge is -2.11. The van der Waals surface area contributed by atoms with Crippen LogP contribution in [0, 0.1) is 6.92 Å². The number of pyridine rings is 1. The minimum absolute atomic E-state index is 0.755. The van der Waals surface area contributed by atoms with Crippen molar-refractivity contribution in [1.82, 2.24) is 14.5 Å². The molecule has 4 nitrogen and oxygen atoms in total. The number of hydrogen-bond acceptors (Lipinski definition) is 3. The fourth-order valence-electron chi connectivity index (χ4n) is 4.84. The molecule has 3 aromatic heterocycles. The summed E-state index contributed by atoms with van der Waals surface area (Å²) in [5.74, 6) is 0.835. The first-order valence-corrected chi connectivity index (χ1v) is 11.7. The Bertz CT molecular complexity index is 1840. The molecular weight excluding hydrogens is 430 g/mol. The molecule has 0 aliphatic carbocycles. The molecule has 0 aliphatic rings. The molecule has 0 unspecified atom stereocenters. The Morgan fingerprint density at radius 1 is 0.743 bits per heavy atom. The minimum Gasteiger partial charge on any atom is -0.454 e. The number of benzene rings is 4. The second-order valence-corrected chi connectivity index (χ2v) is 8.81. The lowest BCUT2D eigenvalue weighted by molar-refractivity contribution is 0.668. The van der Waals surface area contributed by atoms with E-state index in [-0.39, 0.29) is 0 Å². The Labute approximate surface area is 202 Å². The second kappa shape index (κ2) is 7.67. The van der Waals surface area contributed by atoms with Crippen molar-refractivity contribution >= 4 is 33.1 Å². The molecule has 3 heterocycles. The van der Waals surface area contributed by atoms with Crippen molar-refractivity contribution in [3.05, 3.63) is 115 Å². The van der Waals surface area contributed by atoms with Crippen molar-refractivity contribution in [3.8, 4) is 28.2 Å². The number of furan rings is 1. The van der Waals surface area contributed by atoms with E-state index in [1.807, 2.05) is 30.5 Å². The molecular formula is C31H21N3O. The molecule has 0 saturated heterocycles. The van der Waals surface area contributed by atoms with Gasteiger partial charge in [-0.3, -0.25) is 9.55 Å². The van der Waals surface area contributed by atoms with E-state index in [0.29, 0.717) is 0 Å². The summed E-state index contributed by atoms with van der Waals surface area (Å²) < 4.78 is 8.57. The highest BCUT2D eigenvalue weighted by Crippen LogP contribution is 2.37. The third-order valence-corrected chi connectivity index (χ3v) is 6.54. The highest BCUT2D eigenvalue weighted by Gasteiger charge is 2.20. The first-order valence-electron chi connectivity index (χ1n) is 11.7. The normalized spacial score (nSPS) is 11.6. The van der Waals surface area contributed by atoms with Crippen LogP contribution < -0.4 is 0 Å². The van der Waals surface area contributed by atoms with E-state index in [2.05, 4.69) is 95.3 Å². The molecule has 0 fully saturated rings. The van der Waals surface area contributed by atoms with Gasteiger partial charge in [0.1, 0.15) is 16.9 Å². The van der Waals surface area contributed by atoms with Gasteiger partial charge < -0.3 is 4.42 Å². The molecule has 35 heavy (non-hydrogen) atoms. The van der Waals surface area contributed by atoms with E-state index in [4.69, 9.17) is 9.40 Å². The van der Waals surface area contributed by atoms with Gasteiger partial charge in [-0.25, -0.2) is 4.98 Å². The predicted octanol–water partition coefficient (Wildman–Crippen LogP) is 7.96. The summed E-state index contributed by atoms with van der Waals surface area (Å²) >= 11 is 0. The summed E-state index contributed by atoms with van der Waals surface area (Å²) in [6.45, 7) is 2.07. The average molecular weight is 452 g/mol. The van der Waals surface area contributed by atoms with Crippen LogP contribution in [0.3, 0.4) is 0 Å². The predicted molar refractivity (Wildman–Crippen MR) is 142 cm³/mol. The second-order valence-electron chi connectivity index (χ2n) is 8.81. The number of nitrogens with zero attached hydrogens (tertiary/aromatic N) is 3. The van der Waals surface area contributed by atoms with Crippen LogP contribution in [0.2, 0.25) is 0 Å². The standard InChI is InChI=1S/C31H21N3O/c1-20-11-16-24-28(19-20)35-30-25(17-18-32-29(24)30)31-33-26-9-5-6-10-27(26)34(31)23-14-12-22(13-15-23)21-7-3-2-4-8-21/h2-19H,1H3. The zero-order valence-corrected chi connectivity index (χ0v) is 19.1. The van der Waals surface area contributed by atoms with Gasteiger partial charge in [0.2, 0.25) is 0 Å². The smallest absolute Gasteiger partial charge is 0.164 e. The van der Waals surface area contributed by atoms with Gasteiger partial charge in [0.05, 0.1) is 16.6 Å². The van der Waals surface area contributed by atoms with Crippen molar-refractivity contribution in [2.45, 2.75) is 6.92 Å². The van der Waals surface area contributed by atoms with E-state index in [0.717, 1.165) is 55.7 Å². The Morgan fingerprint density at radius 3 is 2.37 bits per heavy atom. The SMILES string of the molecule is Cc1ccc2c(c1)oc1c(-c3nc4ccccc4n3-c3ccc(-c4ccccc4)cc3)ccnc12. The van der Waals surface area contributed by atoms with Gasteiger partial charge in [-0.1, -0.05) is 60.7 Å². The summed E-state index contributed by atoms with van der Waals surface area (Å²) in [7, 11) is 0. The van der Waals surface area contributed by atoms with Crippen LogP contribution >= 0.6 is 0 Å². The Morgan fingerprint density at radius 2 is 1.51 bits per heavy atom. The van der Waals surface area contributed by atoms with Crippen LogP contribution in [-0.4, -0.2) is 14.5 Å². The topological polar surface area (TPSA) is 43.9 Å². The van der Waals surface area contributed by atoms with Gasteiger partial charge in [0.25, 0.3) is 0 Å². The summed E-state index contributed by atoms with van der Waals surface area (Å²) in [5.41, 5.74) is 9.94. The third kappa shape index (κ3) is 3.15. The minimum atomic E-state index is 0.755. The van der Waals surface area contributed by atoms with Crippen LogP contribution in [0.15, 0.2) is 114 Å². The molecule has 166 valence electrons. The highest BCUT2D eigenvalue weighted by molar-refractivity contribution is 6.07. The molecule has 7 aromatic rings. The quantitative estimate of drug-likeness (QED) is 0.274. The molecule has 0 amide bonds. The molecule has 0 aliphatic heterocycles. The number of hydrogen-bond donors (Lipinski definition) is 0. The van der Waals surface area contributed by atoms with Crippen LogP contribution in [0.1, 0.15) is 5.56 Å². The zero-order chi connectivity index (χ0) is 23.4. The number of imidazole rings is 1. The maximum absolute atomic E-state index is 6.37. The molecule has 4 aromatic carbocycles. The zero-order valence-electron chi connectivity index (χ0n) is 19.1. The molecule has 0 bridgehead atoms. The van der Waals surface area contributed by atoms with E-state index in [1.54, 1.807) is 0 Å². The van der Waals surface area contributed by atoms with Crippen LogP contribution in [0.5, 0.6) is 0 Å². The average Bonchev–Trinajstić information content (AvgIpc) is 3.47. The van der Waals surface area contributed by atoms with Crippen molar-refractivity contribution in [1.29, 1.82) is 0 Å². The van der Waals surface area contributed by atoms with Crippen LogP contribution in [0.4, 0.5) is 0 Å². The van der Waals surface area contributed by atoms with Gasteiger partial charge in [0.15, 0.2) is 5.58 Å². The third-order valence-electron chi connectivity index (χ3n) is 6.54. The monoisotopic (exact) mass is 451 g/mol. The van der Waals surface area contributed by atoms with E-state index < -0.39 is 0 Å². The molecule has 0 saturated carbocycles. The van der Waals surface area contributed by atoms with Crippen molar-refractivity contribution < 1.29 is 4.42 Å². The van der Waals surface area contributed by atoms with Gasteiger partial charge in [-0.05, 0) is 66.1 Å². The van der Waals surface area contributed by atoms with Crippen molar-refractivity contribution in [2.75, 3.05) is 0 Å². The molecule has 4 heteroatoms. The molecule has 0 N–H and O–H groups in total. The largest absolute Gasteiger partial charge is 0.454 e. The van der Waals surface area contributed by atoms with E-state index >= 15 is 0 Å². The lowest BCUT2D eigenvalue weighted by Crippen LogP contribution is -1.98. The Kier molecular flexibility index (Phi) is 4.33. The Hall–Kier alpha value is -4.70. The Balaban J connectivity index is 1.47. The van der Waals surface area contributed by atoms with Gasteiger partial charge in [-0.2, -0.15) is 0 Å². The summed E-state index contributed by atoms with van der Waals surface area (Å²) in [5, 5.41) is 1.02. The lowest BCUT2D eigenvalue weighted by atomic mass is 10.1. The van der Waals surface area contributed by atoms with Crippen LogP contribution in [-0.2, 0) is 0 Å². The maximum atomic E-state index is 6.37. The molecule has 7 rings (SSSR count). The number of fused-ring (bicyclic) bond motifs is 4. The molecule has 0 atom stereocenters. The van der Waals surface area contributed by atoms with Crippen molar-refractivity contribution in [2.24, 2.45) is 0 Å². The van der Waals surface area contributed by atoms with E-state index in [9.17, 15) is 0 Å². The fraction of sp³-hybridized carbons (Fsp3) is 0.0323. The fourth-order valence-corrected chi connectivity index (χ4v) is 4.84. The number of aryl methyl sites for hydroxylation is 1. The first-order chi connectivity index (χ1) is 17.3. The summed E-state index contributed by atoms with van der Waals surface area (Å²) in [6, 6.07) is 35.5. The summed E-state index contributed by atoms with van der Waals surface area (Å²) in [6.07, 6.45) is 1.84. The number of para-hydroxylation sites is 2. The maximum Gasteiger partial charge on any atom is 0.164 e. The van der Waals surface area contributed by atoms with E-state index in [1.165, 1.54) is 11.1 Å². The van der Waals surface area contributed by atoms with Gasteiger partial charge in [0, 0.05) is 17.3 Å². The van der Waals surface area contributed by atoms with Crippen molar-refractivity contribution in [3.63, 3.8) is 0 Å². The molecule has 0 spiro atoms. The van der Waals surface area contributed by atoms with Crippen LogP contribution in [0.25, 0.3) is 61.3 Å². The highest BCUT2D eigenvalue weighted by atomic mass is 16.3. The van der Waals surface area contributed by atoms with Gasteiger partial charge in [-0.15, -0.1) is 0 Å². The summed E-state index contributed by atoms with van der Waals surface area (Å²) in [4.78, 5) is 9.71. The number of rotatable bonds is 3. The number of aromatic nitrogens is 3. The first kappa shape index (κ1) is 19.7. The molecule has 0 radical (unpaired) electrons.